The largest absolute Gasteiger partial charge is 0.383 e. The third kappa shape index (κ3) is 4.43. The standard InChI is InChI=1S/C12H25NO/c1-11-4-6-13(8-9-14-3)7-5-12(2)10-11/h11-12H,4-10H2,1-3H3/t11-,12?/m1/s1. The smallest absolute Gasteiger partial charge is 0.0589 e. The minimum Gasteiger partial charge on any atom is -0.383 e. The normalized spacial score (nSPS) is 31.1. The summed E-state index contributed by atoms with van der Waals surface area (Å²) in [4.78, 5) is 2.55. The molecular formula is C12H25NO. The lowest BCUT2D eigenvalue weighted by Crippen LogP contribution is -2.33. The minimum atomic E-state index is 0.878. The summed E-state index contributed by atoms with van der Waals surface area (Å²) in [7, 11) is 1.79. The van der Waals surface area contributed by atoms with Crippen LogP contribution in [0.15, 0.2) is 0 Å². The molecule has 1 aliphatic rings. The Balaban J connectivity index is 2.29. The summed E-state index contributed by atoms with van der Waals surface area (Å²) in [6.07, 6.45) is 4.13. The summed E-state index contributed by atoms with van der Waals surface area (Å²) < 4.78 is 5.13. The molecule has 1 saturated heterocycles. The summed E-state index contributed by atoms with van der Waals surface area (Å²) >= 11 is 0. The minimum absolute atomic E-state index is 0.878. The molecule has 0 aromatic rings. The molecule has 0 saturated carbocycles. The van der Waals surface area contributed by atoms with E-state index >= 15 is 0 Å². The van der Waals surface area contributed by atoms with Crippen LogP contribution in [0.3, 0.4) is 0 Å². The molecule has 1 aliphatic heterocycles. The molecule has 1 fully saturated rings. The van der Waals surface area contributed by atoms with E-state index in [1.54, 1.807) is 7.11 Å². The van der Waals surface area contributed by atoms with Crippen LogP contribution in [0.2, 0.25) is 0 Å². The third-order valence-corrected chi connectivity index (χ3v) is 3.29. The van der Waals surface area contributed by atoms with Crippen LogP contribution >= 0.6 is 0 Å². The molecule has 0 amide bonds. The number of likely N-dealkylation sites (tertiary alicyclic amines) is 1. The van der Waals surface area contributed by atoms with Crippen molar-refractivity contribution in [2.24, 2.45) is 11.8 Å². The van der Waals surface area contributed by atoms with Gasteiger partial charge >= 0.3 is 0 Å². The lowest BCUT2D eigenvalue weighted by molar-refractivity contribution is 0.129. The monoisotopic (exact) mass is 199 g/mol. The van der Waals surface area contributed by atoms with Gasteiger partial charge in [0.1, 0.15) is 0 Å². The molecule has 1 unspecified atom stereocenters. The van der Waals surface area contributed by atoms with Crippen molar-refractivity contribution in [3.63, 3.8) is 0 Å². The molecule has 2 nitrogen and oxygen atoms in total. The highest BCUT2D eigenvalue weighted by Gasteiger charge is 2.16. The molecule has 0 aromatic heterocycles. The second-order valence-electron chi connectivity index (χ2n) is 4.86. The van der Waals surface area contributed by atoms with E-state index in [-0.39, 0.29) is 0 Å². The Kier molecular flexibility index (Phi) is 5.49. The van der Waals surface area contributed by atoms with Crippen molar-refractivity contribution in [3.8, 4) is 0 Å². The average Bonchev–Trinajstić information content (AvgIpc) is 2.14. The Morgan fingerprint density at radius 1 is 1.14 bits per heavy atom. The molecule has 1 rings (SSSR count). The lowest BCUT2D eigenvalue weighted by Gasteiger charge is -2.29. The van der Waals surface area contributed by atoms with Gasteiger partial charge in [0.15, 0.2) is 0 Å². The van der Waals surface area contributed by atoms with Crippen LogP contribution in [0.5, 0.6) is 0 Å². The Bertz CT molecular complexity index is 137. The number of hydrogen-bond acceptors (Lipinski definition) is 2. The van der Waals surface area contributed by atoms with Gasteiger partial charge < -0.3 is 9.64 Å². The van der Waals surface area contributed by atoms with Gasteiger partial charge in [0, 0.05) is 13.7 Å². The summed E-state index contributed by atoms with van der Waals surface area (Å²) in [6, 6.07) is 0. The molecule has 0 aliphatic carbocycles. The third-order valence-electron chi connectivity index (χ3n) is 3.29. The van der Waals surface area contributed by atoms with Crippen LogP contribution in [0.4, 0.5) is 0 Å². The maximum Gasteiger partial charge on any atom is 0.0589 e. The lowest BCUT2D eigenvalue weighted by atomic mass is 9.90. The summed E-state index contributed by atoms with van der Waals surface area (Å²) in [5.74, 6) is 1.80. The van der Waals surface area contributed by atoms with Crippen molar-refractivity contribution in [1.82, 2.24) is 4.90 Å². The van der Waals surface area contributed by atoms with E-state index < -0.39 is 0 Å². The van der Waals surface area contributed by atoms with Crippen molar-refractivity contribution in [2.75, 3.05) is 33.4 Å². The van der Waals surface area contributed by atoms with Gasteiger partial charge in [-0.25, -0.2) is 0 Å². The predicted molar refractivity (Wildman–Crippen MR) is 60.5 cm³/mol. The van der Waals surface area contributed by atoms with Gasteiger partial charge in [-0.3, -0.25) is 0 Å². The Hall–Kier alpha value is -0.0800. The quantitative estimate of drug-likeness (QED) is 0.692. The van der Waals surface area contributed by atoms with Crippen LogP contribution in [-0.2, 0) is 4.74 Å². The van der Waals surface area contributed by atoms with Gasteiger partial charge in [0.25, 0.3) is 0 Å². The first-order valence-corrected chi connectivity index (χ1v) is 5.93. The number of methoxy groups -OCH3 is 1. The van der Waals surface area contributed by atoms with Gasteiger partial charge in [-0.1, -0.05) is 13.8 Å². The van der Waals surface area contributed by atoms with E-state index in [4.69, 9.17) is 4.74 Å². The molecule has 2 heteroatoms. The summed E-state index contributed by atoms with van der Waals surface area (Å²) in [6.45, 7) is 9.28. The van der Waals surface area contributed by atoms with E-state index in [1.807, 2.05) is 0 Å². The van der Waals surface area contributed by atoms with Crippen LogP contribution in [0.25, 0.3) is 0 Å². The first-order chi connectivity index (χ1) is 6.72. The van der Waals surface area contributed by atoms with Gasteiger partial charge in [-0.05, 0) is 44.2 Å². The van der Waals surface area contributed by atoms with E-state index in [0.717, 1.165) is 25.0 Å². The Labute approximate surface area is 88.6 Å². The molecule has 1 heterocycles. The zero-order chi connectivity index (χ0) is 10.4. The predicted octanol–water partition coefficient (Wildman–Crippen LogP) is 2.39. The van der Waals surface area contributed by atoms with Gasteiger partial charge in [-0.15, -0.1) is 0 Å². The molecule has 0 aromatic carbocycles. The highest BCUT2D eigenvalue weighted by atomic mass is 16.5. The van der Waals surface area contributed by atoms with Crippen LogP contribution in [-0.4, -0.2) is 38.3 Å². The molecule has 2 atom stereocenters. The Morgan fingerprint density at radius 2 is 1.71 bits per heavy atom. The SMILES string of the molecule is COCCN1CCC(C)C[C@H](C)CC1. The van der Waals surface area contributed by atoms with Crippen molar-refractivity contribution in [1.29, 1.82) is 0 Å². The number of rotatable bonds is 3. The topological polar surface area (TPSA) is 12.5 Å². The number of nitrogens with zero attached hydrogens (tertiary/aromatic N) is 1. The van der Waals surface area contributed by atoms with Crippen molar-refractivity contribution in [2.45, 2.75) is 33.1 Å². The van der Waals surface area contributed by atoms with Gasteiger partial charge in [0.05, 0.1) is 6.61 Å². The number of ether oxygens (including phenoxy) is 1. The highest BCUT2D eigenvalue weighted by Crippen LogP contribution is 2.21. The first kappa shape index (κ1) is 12.0. The van der Waals surface area contributed by atoms with Crippen LogP contribution in [0.1, 0.15) is 33.1 Å². The molecule has 14 heavy (non-hydrogen) atoms. The average molecular weight is 199 g/mol. The molecule has 0 N–H and O–H groups in total. The van der Waals surface area contributed by atoms with Gasteiger partial charge in [-0.2, -0.15) is 0 Å². The van der Waals surface area contributed by atoms with E-state index in [2.05, 4.69) is 18.7 Å². The van der Waals surface area contributed by atoms with E-state index in [1.165, 1.54) is 32.4 Å². The molecule has 84 valence electrons. The van der Waals surface area contributed by atoms with Crippen LogP contribution < -0.4 is 0 Å². The molecule has 0 radical (unpaired) electrons. The van der Waals surface area contributed by atoms with Crippen LogP contribution in [0, 0.1) is 11.8 Å². The van der Waals surface area contributed by atoms with Crippen molar-refractivity contribution >= 4 is 0 Å². The second kappa shape index (κ2) is 6.41. The fourth-order valence-corrected chi connectivity index (χ4v) is 2.28. The molecule has 0 spiro atoms. The number of hydrogen-bond donors (Lipinski definition) is 0. The Morgan fingerprint density at radius 3 is 2.21 bits per heavy atom. The zero-order valence-corrected chi connectivity index (χ0v) is 9.96. The van der Waals surface area contributed by atoms with Crippen molar-refractivity contribution in [3.05, 3.63) is 0 Å². The van der Waals surface area contributed by atoms with E-state index in [9.17, 15) is 0 Å². The summed E-state index contributed by atoms with van der Waals surface area (Å²) in [5, 5.41) is 0. The second-order valence-corrected chi connectivity index (χ2v) is 4.86. The zero-order valence-electron chi connectivity index (χ0n) is 9.96. The first-order valence-electron chi connectivity index (χ1n) is 5.93. The summed E-state index contributed by atoms with van der Waals surface area (Å²) in [5.41, 5.74) is 0. The fourth-order valence-electron chi connectivity index (χ4n) is 2.28. The maximum atomic E-state index is 5.13. The maximum absolute atomic E-state index is 5.13. The van der Waals surface area contributed by atoms with Gasteiger partial charge in [0.2, 0.25) is 0 Å². The molecule has 0 bridgehead atoms. The highest BCUT2D eigenvalue weighted by molar-refractivity contribution is 4.69. The van der Waals surface area contributed by atoms with Crippen molar-refractivity contribution < 1.29 is 4.74 Å². The van der Waals surface area contributed by atoms with E-state index in [0.29, 0.717) is 0 Å². The molecular weight excluding hydrogens is 174 g/mol. The fraction of sp³-hybridized carbons (Fsp3) is 1.00.